The molecule has 64 valence electrons. The van der Waals surface area contributed by atoms with E-state index in [9.17, 15) is 14.9 Å². The van der Waals surface area contributed by atoms with Gasteiger partial charge in [-0.15, -0.1) is 0 Å². The van der Waals surface area contributed by atoms with E-state index < -0.39 is 4.92 Å². The van der Waals surface area contributed by atoms with Gasteiger partial charge < -0.3 is 0 Å². The van der Waals surface area contributed by atoms with Crippen LogP contribution in [0.3, 0.4) is 0 Å². The topological polar surface area (TPSA) is 84.1 Å². The molecule has 1 aromatic carbocycles. The Balaban J connectivity index is 3.28. The lowest BCUT2D eigenvalue weighted by Crippen LogP contribution is -1.94. The first-order valence-electron chi connectivity index (χ1n) is 3.28. The summed E-state index contributed by atoms with van der Waals surface area (Å²) < 4.78 is 0. The number of benzene rings is 1. The lowest BCUT2D eigenvalue weighted by atomic mass is 10.1. The Hall–Kier alpha value is -2.04. The fourth-order valence-corrected chi connectivity index (χ4v) is 0.838. The maximum atomic E-state index is 10.3. The third-order valence-corrected chi connectivity index (χ3v) is 1.46. The summed E-state index contributed by atoms with van der Waals surface area (Å²) in [7, 11) is 0. The molecular formula is C8H4N2O3. The predicted octanol–water partition coefficient (Wildman–Crippen LogP) is 0.927. The number of carbonyl (C=O) groups excluding carboxylic acids is 1. The fraction of sp³-hybridized carbons (Fsp3) is 0. The summed E-state index contributed by atoms with van der Waals surface area (Å²) in [5, 5.41) is 17.1. The zero-order valence-electron chi connectivity index (χ0n) is 6.40. The van der Waals surface area contributed by atoms with Crippen molar-refractivity contribution in [3.63, 3.8) is 0 Å². The number of nitro groups is 1. The van der Waals surface area contributed by atoms with Crippen molar-refractivity contribution >= 4 is 18.2 Å². The molecule has 0 saturated carbocycles. The van der Waals surface area contributed by atoms with E-state index in [0.29, 0.717) is 0 Å². The zero-order chi connectivity index (χ0) is 9.84. The molecule has 0 saturated heterocycles. The normalized spacial score (nSPS) is 9.23. The van der Waals surface area contributed by atoms with Crippen LogP contribution in [0.5, 0.6) is 0 Å². The second-order valence-electron chi connectivity index (χ2n) is 2.21. The van der Waals surface area contributed by atoms with Crippen molar-refractivity contribution in [2.24, 2.45) is 0 Å². The number of hydrogen-bond acceptors (Lipinski definition) is 4. The van der Waals surface area contributed by atoms with Crippen LogP contribution in [0.1, 0.15) is 11.1 Å². The number of nitrogens with one attached hydrogen (secondary N) is 1. The number of nitro benzene ring substituents is 1. The maximum Gasteiger partial charge on any atom is 0.270 e. The highest BCUT2D eigenvalue weighted by Crippen LogP contribution is 2.14. The van der Waals surface area contributed by atoms with E-state index >= 15 is 0 Å². The Kier molecular flexibility index (Phi) is 2.49. The van der Waals surface area contributed by atoms with E-state index in [4.69, 9.17) is 5.41 Å². The summed E-state index contributed by atoms with van der Waals surface area (Å²) in [5.74, 6) is 0. The monoisotopic (exact) mass is 176 g/mol. The second kappa shape index (κ2) is 3.57. The van der Waals surface area contributed by atoms with Gasteiger partial charge in [0.05, 0.1) is 11.1 Å². The molecule has 0 aliphatic rings. The van der Waals surface area contributed by atoms with Crippen LogP contribution in [0, 0.1) is 15.5 Å². The highest BCUT2D eigenvalue weighted by atomic mass is 16.6. The van der Waals surface area contributed by atoms with Crippen LogP contribution in [0.4, 0.5) is 5.69 Å². The quantitative estimate of drug-likeness (QED) is 0.422. The molecule has 5 nitrogen and oxygen atoms in total. The summed E-state index contributed by atoms with van der Waals surface area (Å²) in [4.78, 5) is 19.9. The molecule has 0 atom stereocenters. The molecule has 0 aliphatic carbocycles. The van der Waals surface area contributed by atoms with Gasteiger partial charge in [0, 0.05) is 23.3 Å². The molecule has 1 rings (SSSR count). The van der Waals surface area contributed by atoms with Gasteiger partial charge in [-0.1, -0.05) is 0 Å². The zero-order valence-corrected chi connectivity index (χ0v) is 6.40. The smallest absolute Gasteiger partial charge is 0.270 e. The van der Waals surface area contributed by atoms with Gasteiger partial charge in [0.15, 0.2) is 0 Å². The van der Waals surface area contributed by atoms with Gasteiger partial charge in [0.1, 0.15) is 0 Å². The Labute approximate surface area is 73.7 Å². The molecule has 0 heterocycles. The average Bonchev–Trinajstić information content (AvgIpc) is 2.16. The van der Waals surface area contributed by atoms with Crippen LogP contribution in [0.2, 0.25) is 0 Å². The van der Waals surface area contributed by atoms with E-state index in [1.165, 1.54) is 12.1 Å². The van der Waals surface area contributed by atoms with Crippen molar-refractivity contribution in [1.29, 1.82) is 5.41 Å². The van der Waals surface area contributed by atoms with Crippen molar-refractivity contribution in [3.05, 3.63) is 39.4 Å². The largest absolute Gasteiger partial charge is 0.298 e. The third-order valence-electron chi connectivity index (χ3n) is 1.46. The number of nitrogens with zero attached hydrogens (tertiary/aromatic N) is 1. The Morgan fingerprint density at radius 2 is 2.08 bits per heavy atom. The Morgan fingerprint density at radius 3 is 2.54 bits per heavy atom. The Morgan fingerprint density at radius 1 is 1.38 bits per heavy atom. The molecule has 0 spiro atoms. The summed E-state index contributed by atoms with van der Waals surface area (Å²) in [6, 6.07) is 3.52. The molecule has 0 aromatic heterocycles. The predicted molar refractivity (Wildman–Crippen MR) is 44.7 cm³/mol. The van der Waals surface area contributed by atoms with Gasteiger partial charge in [-0.3, -0.25) is 20.3 Å². The molecule has 0 amide bonds. The minimum Gasteiger partial charge on any atom is -0.298 e. The lowest BCUT2D eigenvalue weighted by molar-refractivity contribution is -0.384. The summed E-state index contributed by atoms with van der Waals surface area (Å²) in [6.45, 7) is 0. The van der Waals surface area contributed by atoms with Gasteiger partial charge in [-0.2, -0.15) is 0 Å². The van der Waals surface area contributed by atoms with Crippen molar-refractivity contribution in [3.8, 4) is 0 Å². The molecule has 5 heteroatoms. The van der Waals surface area contributed by atoms with Crippen LogP contribution in [0.25, 0.3) is 0 Å². The molecule has 0 fully saturated rings. The molecule has 0 unspecified atom stereocenters. The molecule has 2 radical (unpaired) electrons. The first-order chi connectivity index (χ1) is 6.19. The SMILES string of the molecule is N=[C]c1cc([N+](=O)[O-])ccc1[C]=O. The first kappa shape index (κ1) is 9.05. The Bertz CT molecular complexity index is 374. The van der Waals surface area contributed by atoms with Crippen molar-refractivity contribution < 1.29 is 9.72 Å². The lowest BCUT2D eigenvalue weighted by Gasteiger charge is -1.95. The summed E-state index contributed by atoms with van der Waals surface area (Å²) >= 11 is 0. The summed E-state index contributed by atoms with van der Waals surface area (Å²) in [6.07, 6.45) is 3.48. The first-order valence-corrected chi connectivity index (χ1v) is 3.28. The average molecular weight is 176 g/mol. The molecule has 13 heavy (non-hydrogen) atoms. The number of hydrogen-bond donors (Lipinski definition) is 1. The van der Waals surface area contributed by atoms with Crippen LogP contribution < -0.4 is 0 Å². The van der Waals surface area contributed by atoms with Crippen molar-refractivity contribution in [2.75, 3.05) is 0 Å². The minimum atomic E-state index is -0.602. The molecular weight excluding hydrogens is 172 g/mol. The molecule has 0 bridgehead atoms. The third kappa shape index (κ3) is 1.76. The van der Waals surface area contributed by atoms with E-state index in [1.807, 2.05) is 6.21 Å². The van der Waals surface area contributed by atoms with Crippen LogP contribution in [0.15, 0.2) is 18.2 Å². The maximum absolute atomic E-state index is 10.3. The van der Waals surface area contributed by atoms with Crippen LogP contribution in [-0.4, -0.2) is 17.4 Å². The van der Waals surface area contributed by atoms with E-state index in [-0.39, 0.29) is 16.8 Å². The van der Waals surface area contributed by atoms with Crippen molar-refractivity contribution in [2.45, 2.75) is 0 Å². The minimum absolute atomic E-state index is 0.0733. The fourth-order valence-electron chi connectivity index (χ4n) is 0.838. The molecule has 1 aromatic rings. The van der Waals surface area contributed by atoms with Gasteiger partial charge in [0.2, 0.25) is 6.29 Å². The number of rotatable bonds is 3. The van der Waals surface area contributed by atoms with E-state index in [1.54, 1.807) is 6.29 Å². The van der Waals surface area contributed by atoms with Crippen LogP contribution >= 0.6 is 0 Å². The standard InChI is InChI=1S/C8H4N2O3/c9-4-7-3-8(10(12)13)2-1-6(7)5-11/h1-3,9H. The van der Waals surface area contributed by atoms with Gasteiger partial charge in [0.25, 0.3) is 5.69 Å². The highest BCUT2D eigenvalue weighted by Gasteiger charge is 2.09. The second-order valence-corrected chi connectivity index (χ2v) is 2.21. The van der Waals surface area contributed by atoms with Crippen molar-refractivity contribution in [1.82, 2.24) is 0 Å². The number of non-ortho nitro benzene ring substituents is 1. The van der Waals surface area contributed by atoms with Gasteiger partial charge in [-0.25, -0.2) is 0 Å². The van der Waals surface area contributed by atoms with Crippen LogP contribution in [-0.2, 0) is 4.79 Å². The van der Waals surface area contributed by atoms with E-state index in [2.05, 4.69) is 0 Å². The van der Waals surface area contributed by atoms with E-state index in [0.717, 1.165) is 6.07 Å². The molecule has 0 aliphatic heterocycles. The molecule has 1 N–H and O–H groups in total. The van der Waals surface area contributed by atoms with Gasteiger partial charge >= 0.3 is 0 Å². The van der Waals surface area contributed by atoms with Gasteiger partial charge in [-0.05, 0) is 6.07 Å². The summed E-state index contributed by atoms with van der Waals surface area (Å²) in [5.41, 5.74) is -0.00134. The highest BCUT2D eigenvalue weighted by molar-refractivity contribution is 5.92.